The van der Waals surface area contributed by atoms with E-state index in [0.717, 1.165) is 36.8 Å². The molecule has 1 unspecified atom stereocenters. The number of Topliss-reactive ketones (excluding diaryl/α,β-unsaturated/α-hetero) is 2. The molecule has 9 rings (SSSR count). The number of hydrogen-bond acceptors (Lipinski definition) is 4. The SMILES string of the molecule is CC1(C)C2=C(C=CCC2)N(c2cc3ccccc3s2)c2ccc3c(c21)CCC(C=C1C(=O)C2=C(CC4C=CC=CC4=C2)C1=O)=C3. The number of fused-ring (bicyclic) bond motifs is 5. The molecule has 1 aromatic heterocycles. The normalized spacial score (nSPS) is 23.6. The zero-order valence-corrected chi connectivity index (χ0v) is 26.3. The van der Waals surface area contributed by atoms with Gasteiger partial charge in [0.1, 0.15) is 5.00 Å². The van der Waals surface area contributed by atoms with E-state index in [1.807, 2.05) is 35.6 Å². The topological polar surface area (TPSA) is 37.4 Å². The van der Waals surface area contributed by atoms with Gasteiger partial charge in [0, 0.05) is 32.9 Å². The number of rotatable bonds is 2. The predicted octanol–water partition coefficient (Wildman–Crippen LogP) is 9.71. The fraction of sp³-hybridized carbons (Fsp3) is 0.220. The monoisotopic (exact) mass is 603 g/mol. The molecule has 45 heavy (non-hydrogen) atoms. The average Bonchev–Trinajstić information content (AvgIpc) is 3.58. The third kappa shape index (κ3) is 3.95. The third-order valence-electron chi connectivity index (χ3n) is 10.5. The molecule has 0 radical (unpaired) electrons. The Morgan fingerprint density at radius 2 is 1.84 bits per heavy atom. The van der Waals surface area contributed by atoms with Crippen LogP contribution in [0, 0.1) is 5.92 Å². The second kappa shape index (κ2) is 9.73. The van der Waals surface area contributed by atoms with E-state index in [-0.39, 0.29) is 22.9 Å². The van der Waals surface area contributed by atoms with Crippen molar-refractivity contribution in [1.82, 2.24) is 0 Å². The summed E-state index contributed by atoms with van der Waals surface area (Å²) in [5.74, 6) is -0.0242. The van der Waals surface area contributed by atoms with Crippen LogP contribution in [0.4, 0.5) is 10.7 Å². The molecule has 1 atom stereocenters. The minimum atomic E-state index is -0.119. The molecule has 4 heteroatoms. The van der Waals surface area contributed by atoms with Gasteiger partial charge >= 0.3 is 0 Å². The van der Waals surface area contributed by atoms with Gasteiger partial charge in [0.15, 0.2) is 11.6 Å². The molecule has 0 fully saturated rings. The van der Waals surface area contributed by atoms with Crippen molar-refractivity contribution in [1.29, 1.82) is 0 Å². The zero-order valence-electron chi connectivity index (χ0n) is 25.5. The minimum Gasteiger partial charge on any atom is -0.302 e. The molecule has 2 heterocycles. The standard InChI is InChI=1S/C41H33NO2S/c1-41(2)33-12-6-7-13-34(33)42(37-23-28-11-5-8-14-36(28)45-37)35-18-16-27-19-24(15-17-29(27)38(35)41)20-32-39(43)30-21-25-9-3-4-10-26(25)22-31(30)40(32)44/h3-5,7-11,13-14,16,18-21,23,26H,6,12,15,17,22H2,1-2H3. The first-order valence-corrected chi connectivity index (χ1v) is 16.9. The molecule has 0 saturated heterocycles. The molecule has 0 spiro atoms. The molecule has 0 saturated carbocycles. The van der Waals surface area contributed by atoms with Gasteiger partial charge in [-0.1, -0.05) is 74.6 Å². The van der Waals surface area contributed by atoms with Gasteiger partial charge in [0.05, 0.1) is 11.3 Å². The van der Waals surface area contributed by atoms with Crippen molar-refractivity contribution in [2.45, 2.75) is 51.4 Å². The second-order valence-corrected chi connectivity index (χ2v) is 14.5. The van der Waals surface area contributed by atoms with Crippen molar-refractivity contribution in [3.8, 4) is 0 Å². The van der Waals surface area contributed by atoms with Crippen LogP contribution in [0.15, 0.2) is 130 Å². The Labute approximate surface area is 267 Å². The third-order valence-corrected chi connectivity index (χ3v) is 11.6. The summed E-state index contributed by atoms with van der Waals surface area (Å²) in [6, 6.07) is 15.5. The van der Waals surface area contributed by atoms with E-state index in [1.54, 1.807) is 0 Å². The first-order valence-electron chi connectivity index (χ1n) is 16.0. The highest BCUT2D eigenvalue weighted by Gasteiger charge is 2.42. The summed E-state index contributed by atoms with van der Waals surface area (Å²) in [5, 5.41) is 2.53. The predicted molar refractivity (Wildman–Crippen MR) is 185 cm³/mol. The fourth-order valence-electron chi connectivity index (χ4n) is 8.35. The Bertz CT molecular complexity index is 2120. The molecule has 0 N–H and O–H groups in total. The highest BCUT2D eigenvalue weighted by atomic mass is 32.1. The van der Waals surface area contributed by atoms with Gasteiger partial charge in [0.25, 0.3) is 0 Å². The number of carbonyl (C=O) groups excluding carboxylic acids is 2. The van der Waals surface area contributed by atoms with Gasteiger partial charge in [-0.2, -0.15) is 0 Å². The van der Waals surface area contributed by atoms with E-state index in [1.165, 1.54) is 48.7 Å². The van der Waals surface area contributed by atoms with Gasteiger partial charge < -0.3 is 4.90 Å². The first-order chi connectivity index (χ1) is 21.9. The smallest absolute Gasteiger partial charge is 0.197 e. The van der Waals surface area contributed by atoms with E-state index >= 15 is 0 Å². The van der Waals surface area contributed by atoms with E-state index < -0.39 is 0 Å². The Morgan fingerprint density at radius 3 is 2.73 bits per heavy atom. The van der Waals surface area contributed by atoms with Crippen LogP contribution in [-0.4, -0.2) is 11.6 Å². The van der Waals surface area contributed by atoms with Crippen LogP contribution in [0.2, 0.25) is 0 Å². The Hall–Kier alpha value is -4.54. The number of carbonyl (C=O) groups is 2. The summed E-state index contributed by atoms with van der Waals surface area (Å²) in [7, 11) is 0. The van der Waals surface area contributed by atoms with Crippen LogP contribution in [0.25, 0.3) is 16.2 Å². The van der Waals surface area contributed by atoms with Crippen LogP contribution in [-0.2, 0) is 21.4 Å². The Kier molecular flexibility index (Phi) is 5.80. The van der Waals surface area contributed by atoms with Crippen molar-refractivity contribution in [2.75, 3.05) is 4.90 Å². The molecular formula is C41H33NO2S. The summed E-state index contributed by atoms with van der Waals surface area (Å²) in [6.45, 7) is 4.79. The van der Waals surface area contributed by atoms with E-state index in [4.69, 9.17) is 0 Å². The summed E-state index contributed by atoms with van der Waals surface area (Å²) >= 11 is 1.85. The van der Waals surface area contributed by atoms with Crippen LogP contribution in [0.3, 0.4) is 0 Å². The van der Waals surface area contributed by atoms with Crippen LogP contribution >= 0.6 is 11.3 Å². The molecule has 3 aromatic rings. The second-order valence-electron chi connectivity index (χ2n) is 13.4. The number of allylic oxidation sites excluding steroid dienone is 14. The highest BCUT2D eigenvalue weighted by molar-refractivity contribution is 7.22. The lowest BCUT2D eigenvalue weighted by atomic mass is 9.67. The number of thiophene rings is 1. The molecular weight excluding hydrogens is 571 g/mol. The van der Waals surface area contributed by atoms with E-state index in [0.29, 0.717) is 23.1 Å². The summed E-state index contributed by atoms with van der Waals surface area (Å²) in [6.07, 6.45) is 23.3. The molecule has 2 aromatic carbocycles. The van der Waals surface area contributed by atoms with Crippen molar-refractivity contribution >= 4 is 49.8 Å². The first kappa shape index (κ1) is 26.8. The fourth-order valence-corrected chi connectivity index (χ4v) is 9.44. The molecule has 0 amide bonds. The number of anilines is 2. The number of ketones is 2. The molecule has 6 aliphatic rings. The highest BCUT2D eigenvalue weighted by Crippen LogP contribution is 2.55. The summed E-state index contributed by atoms with van der Waals surface area (Å²) < 4.78 is 1.30. The largest absolute Gasteiger partial charge is 0.302 e. The van der Waals surface area contributed by atoms with Crippen molar-refractivity contribution < 1.29 is 9.59 Å². The van der Waals surface area contributed by atoms with Crippen molar-refractivity contribution in [3.05, 3.63) is 147 Å². The van der Waals surface area contributed by atoms with Gasteiger partial charge in [-0.05, 0) is 107 Å². The summed E-state index contributed by atoms with van der Waals surface area (Å²) in [4.78, 5) is 29.5. The summed E-state index contributed by atoms with van der Waals surface area (Å²) in [5.41, 5.74) is 11.8. The number of nitrogens with zero attached hydrogens (tertiary/aromatic N) is 1. The van der Waals surface area contributed by atoms with E-state index in [2.05, 4.69) is 91.6 Å². The molecule has 220 valence electrons. The Morgan fingerprint density at radius 1 is 0.956 bits per heavy atom. The number of hydrogen-bond donors (Lipinski definition) is 0. The van der Waals surface area contributed by atoms with Gasteiger partial charge in [-0.15, -0.1) is 11.3 Å². The number of benzene rings is 2. The maximum Gasteiger partial charge on any atom is 0.197 e. The maximum absolute atomic E-state index is 13.5. The quantitative estimate of drug-likeness (QED) is 0.216. The molecule has 0 bridgehead atoms. The molecule has 3 nitrogen and oxygen atoms in total. The zero-order chi connectivity index (χ0) is 30.4. The van der Waals surface area contributed by atoms with Crippen molar-refractivity contribution in [2.24, 2.45) is 5.92 Å². The van der Waals surface area contributed by atoms with Crippen LogP contribution in [0.5, 0.6) is 0 Å². The molecule has 5 aliphatic carbocycles. The van der Waals surface area contributed by atoms with Gasteiger partial charge in [-0.25, -0.2) is 0 Å². The van der Waals surface area contributed by atoms with Gasteiger partial charge in [-0.3, -0.25) is 9.59 Å². The lowest BCUT2D eigenvalue weighted by molar-refractivity contribution is -0.115. The lowest BCUT2D eigenvalue weighted by Gasteiger charge is -2.45. The minimum absolute atomic E-state index is 0.0877. The van der Waals surface area contributed by atoms with Crippen LogP contribution < -0.4 is 4.90 Å². The lowest BCUT2D eigenvalue weighted by Crippen LogP contribution is -2.36. The van der Waals surface area contributed by atoms with E-state index in [9.17, 15) is 9.59 Å². The maximum atomic E-state index is 13.5. The van der Waals surface area contributed by atoms with Crippen LogP contribution in [0.1, 0.15) is 56.2 Å². The molecule has 1 aliphatic heterocycles. The Balaban J connectivity index is 1.13. The van der Waals surface area contributed by atoms with Crippen molar-refractivity contribution in [3.63, 3.8) is 0 Å². The van der Waals surface area contributed by atoms with Gasteiger partial charge in [0.2, 0.25) is 0 Å². The average molecular weight is 604 g/mol.